The summed E-state index contributed by atoms with van der Waals surface area (Å²) in [6.45, 7) is 0. The molecule has 7 heteroatoms. The summed E-state index contributed by atoms with van der Waals surface area (Å²) in [7, 11) is 0. The molecular weight excluding hydrogens is 324 g/mol. The third kappa shape index (κ3) is 4.08. The molecule has 2 aromatic carbocycles. The minimum atomic E-state index is -0.185. The van der Waals surface area contributed by atoms with Crippen molar-refractivity contribution in [2.75, 3.05) is 11.1 Å². The van der Waals surface area contributed by atoms with Crippen LogP contribution >= 0.6 is 11.8 Å². The number of rotatable bonds is 6. The average molecular weight is 338 g/mol. The minimum Gasteiger partial charge on any atom is -0.322 e. The lowest BCUT2D eigenvalue weighted by Crippen LogP contribution is -2.11. The molecule has 2 N–H and O–H groups in total. The summed E-state index contributed by atoms with van der Waals surface area (Å²) in [5.74, 6) is 0.0677. The van der Waals surface area contributed by atoms with E-state index in [1.54, 1.807) is 36.4 Å². The van der Waals surface area contributed by atoms with Gasteiger partial charge in [0.05, 0.1) is 5.75 Å². The lowest BCUT2D eigenvalue weighted by molar-refractivity contribution is 0.101. The van der Waals surface area contributed by atoms with Crippen molar-refractivity contribution in [1.82, 2.24) is 15.2 Å². The molecule has 3 aromatic rings. The van der Waals surface area contributed by atoms with Crippen molar-refractivity contribution in [2.24, 2.45) is 0 Å². The quantitative estimate of drug-likeness (QED) is 0.533. The highest BCUT2D eigenvalue weighted by Crippen LogP contribution is 2.16. The fourth-order valence-electron chi connectivity index (χ4n) is 2.01. The van der Waals surface area contributed by atoms with Crippen molar-refractivity contribution in [3.05, 3.63) is 72.1 Å². The van der Waals surface area contributed by atoms with Crippen LogP contribution in [-0.2, 0) is 0 Å². The van der Waals surface area contributed by atoms with E-state index in [9.17, 15) is 9.59 Å². The van der Waals surface area contributed by atoms with E-state index in [2.05, 4.69) is 20.5 Å². The molecule has 0 saturated heterocycles. The molecule has 0 aliphatic rings. The minimum absolute atomic E-state index is 0.0164. The molecule has 0 radical (unpaired) electrons. The molecule has 0 aliphatic carbocycles. The van der Waals surface area contributed by atoms with Crippen LogP contribution in [0.25, 0.3) is 0 Å². The van der Waals surface area contributed by atoms with Gasteiger partial charge in [-0.3, -0.25) is 14.7 Å². The first-order valence-electron chi connectivity index (χ1n) is 7.20. The highest BCUT2D eigenvalue weighted by atomic mass is 32.2. The van der Waals surface area contributed by atoms with Gasteiger partial charge < -0.3 is 5.32 Å². The molecule has 0 atom stereocenters. The molecule has 0 aliphatic heterocycles. The van der Waals surface area contributed by atoms with Crippen molar-refractivity contribution < 1.29 is 9.59 Å². The van der Waals surface area contributed by atoms with Crippen molar-refractivity contribution in [2.45, 2.75) is 5.16 Å². The molecule has 3 rings (SSSR count). The zero-order chi connectivity index (χ0) is 16.8. The number of thioether (sulfide) groups is 1. The number of hydrogen-bond acceptors (Lipinski definition) is 5. The number of anilines is 1. The Kier molecular flexibility index (Phi) is 5.02. The Balaban J connectivity index is 1.58. The van der Waals surface area contributed by atoms with E-state index in [1.165, 1.54) is 18.1 Å². The van der Waals surface area contributed by atoms with Gasteiger partial charge in [-0.25, -0.2) is 4.98 Å². The Morgan fingerprint density at radius 3 is 2.42 bits per heavy atom. The van der Waals surface area contributed by atoms with Crippen molar-refractivity contribution in [1.29, 1.82) is 0 Å². The van der Waals surface area contributed by atoms with E-state index in [-0.39, 0.29) is 17.4 Å². The lowest BCUT2D eigenvalue weighted by atomic mass is 10.1. The third-order valence-corrected chi connectivity index (χ3v) is 4.11. The summed E-state index contributed by atoms with van der Waals surface area (Å²) in [4.78, 5) is 28.1. The van der Waals surface area contributed by atoms with Crippen molar-refractivity contribution >= 4 is 29.1 Å². The maximum absolute atomic E-state index is 12.1. The smallest absolute Gasteiger partial charge is 0.255 e. The summed E-state index contributed by atoms with van der Waals surface area (Å²) >= 11 is 1.29. The van der Waals surface area contributed by atoms with Gasteiger partial charge in [0.15, 0.2) is 10.9 Å². The fourth-order valence-corrected chi connectivity index (χ4v) is 2.69. The Morgan fingerprint density at radius 2 is 1.75 bits per heavy atom. The maximum Gasteiger partial charge on any atom is 0.255 e. The fraction of sp³-hybridized carbons (Fsp3) is 0.0588. The number of H-pyrrole nitrogens is 1. The second-order valence-corrected chi connectivity index (χ2v) is 5.86. The Labute approximate surface area is 142 Å². The first-order valence-corrected chi connectivity index (χ1v) is 8.19. The molecule has 0 spiro atoms. The number of carbonyl (C=O) groups excluding carboxylic acids is 2. The van der Waals surface area contributed by atoms with Crippen LogP contribution < -0.4 is 5.32 Å². The molecular formula is C17H14N4O2S. The largest absolute Gasteiger partial charge is 0.322 e. The van der Waals surface area contributed by atoms with Gasteiger partial charge in [0, 0.05) is 16.8 Å². The number of hydrogen-bond donors (Lipinski definition) is 2. The first kappa shape index (κ1) is 15.9. The lowest BCUT2D eigenvalue weighted by Gasteiger charge is -2.06. The molecule has 6 nitrogen and oxygen atoms in total. The first-order chi connectivity index (χ1) is 11.7. The molecule has 1 heterocycles. The van der Waals surface area contributed by atoms with Gasteiger partial charge in [-0.2, -0.15) is 5.10 Å². The van der Waals surface area contributed by atoms with Crippen molar-refractivity contribution in [3.63, 3.8) is 0 Å². The number of aromatic amines is 1. The van der Waals surface area contributed by atoms with E-state index in [1.807, 2.05) is 18.2 Å². The highest BCUT2D eigenvalue weighted by Gasteiger charge is 2.09. The molecule has 24 heavy (non-hydrogen) atoms. The zero-order valence-corrected chi connectivity index (χ0v) is 13.4. The van der Waals surface area contributed by atoms with Gasteiger partial charge in [-0.15, -0.1) is 0 Å². The molecule has 0 unspecified atom stereocenters. The van der Waals surface area contributed by atoms with E-state index in [4.69, 9.17) is 0 Å². The summed E-state index contributed by atoms with van der Waals surface area (Å²) < 4.78 is 0. The third-order valence-electron chi connectivity index (χ3n) is 3.23. The van der Waals surface area contributed by atoms with Gasteiger partial charge >= 0.3 is 0 Å². The second kappa shape index (κ2) is 7.56. The molecule has 0 bridgehead atoms. The topological polar surface area (TPSA) is 87.7 Å². The van der Waals surface area contributed by atoms with E-state index in [0.717, 1.165) is 0 Å². The van der Waals surface area contributed by atoms with Crippen LogP contribution in [-0.4, -0.2) is 32.6 Å². The van der Waals surface area contributed by atoms with Gasteiger partial charge in [0.1, 0.15) is 6.33 Å². The van der Waals surface area contributed by atoms with Gasteiger partial charge in [0.2, 0.25) is 0 Å². The number of nitrogens with one attached hydrogen (secondary N) is 2. The van der Waals surface area contributed by atoms with Crippen LogP contribution in [0.5, 0.6) is 0 Å². The molecule has 1 aromatic heterocycles. The van der Waals surface area contributed by atoms with Gasteiger partial charge in [-0.1, -0.05) is 30.0 Å². The Hall–Kier alpha value is -2.93. The average Bonchev–Trinajstić information content (AvgIpc) is 3.14. The van der Waals surface area contributed by atoms with Crippen LogP contribution in [0.4, 0.5) is 5.69 Å². The predicted molar refractivity (Wildman–Crippen MR) is 92.3 cm³/mol. The highest BCUT2D eigenvalue weighted by molar-refractivity contribution is 7.99. The van der Waals surface area contributed by atoms with E-state index < -0.39 is 0 Å². The van der Waals surface area contributed by atoms with E-state index in [0.29, 0.717) is 22.0 Å². The second-order valence-electron chi connectivity index (χ2n) is 4.90. The zero-order valence-electron chi connectivity index (χ0n) is 12.6. The number of amides is 1. The van der Waals surface area contributed by atoms with Crippen LogP contribution in [0, 0.1) is 0 Å². The summed E-state index contributed by atoms with van der Waals surface area (Å²) in [6, 6.07) is 15.8. The Bertz CT molecular complexity index is 818. The standard InChI is InChI=1S/C17H14N4O2S/c22-15(10-24-17-18-11-19-21-17)12-6-8-14(9-7-12)20-16(23)13-4-2-1-3-5-13/h1-9,11H,10H2,(H,20,23)(H,18,19,21). The molecule has 0 fully saturated rings. The SMILES string of the molecule is O=C(CSc1ncn[nH]1)c1ccc(NC(=O)c2ccccc2)cc1. The number of aromatic nitrogens is 3. The van der Waals surface area contributed by atoms with Crippen LogP contribution in [0.2, 0.25) is 0 Å². The van der Waals surface area contributed by atoms with Gasteiger partial charge in [0.25, 0.3) is 5.91 Å². The monoisotopic (exact) mass is 338 g/mol. The van der Waals surface area contributed by atoms with Gasteiger partial charge in [-0.05, 0) is 36.4 Å². The van der Waals surface area contributed by atoms with Crippen LogP contribution in [0.3, 0.4) is 0 Å². The summed E-state index contributed by atoms with van der Waals surface area (Å²) in [6.07, 6.45) is 1.40. The van der Waals surface area contributed by atoms with Crippen molar-refractivity contribution in [3.8, 4) is 0 Å². The van der Waals surface area contributed by atoms with Crippen LogP contribution in [0.1, 0.15) is 20.7 Å². The van der Waals surface area contributed by atoms with Crippen LogP contribution in [0.15, 0.2) is 66.1 Å². The maximum atomic E-state index is 12.1. The molecule has 120 valence electrons. The normalized spacial score (nSPS) is 10.3. The van der Waals surface area contributed by atoms with E-state index >= 15 is 0 Å². The number of Topliss-reactive ketones (excluding diaryl/α,β-unsaturated/α-hetero) is 1. The number of nitrogens with zero attached hydrogens (tertiary/aromatic N) is 2. The number of carbonyl (C=O) groups is 2. The molecule has 1 amide bonds. The Morgan fingerprint density at radius 1 is 1.00 bits per heavy atom. The predicted octanol–water partition coefficient (Wildman–Crippen LogP) is 3.03. The summed E-state index contributed by atoms with van der Waals surface area (Å²) in [5.41, 5.74) is 1.81. The number of benzene rings is 2. The summed E-state index contributed by atoms with van der Waals surface area (Å²) in [5, 5.41) is 9.83. The molecule has 0 saturated carbocycles. The number of ketones is 1.